The lowest BCUT2D eigenvalue weighted by molar-refractivity contribution is 0.00520. The molecule has 5 nitrogen and oxygen atoms in total. The van der Waals surface area contributed by atoms with Crippen molar-refractivity contribution < 1.29 is 14.9 Å². The van der Waals surface area contributed by atoms with Gasteiger partial charge in [0.2, 0.25) is 5.88 Å². The second-order valence-electron chi connectivity index (χ2n) is 11.8. The standard InChI is InChI=1S/C39H37BrN2O3/c1-42(2)22-21-39(44,34-18-10-14-26-11-7-8-17-32(26)34)36(27-12-5-4-6-13-27)33-25-30-23-29(19-20-35(30)41-38(33)45-3)37(43)28-15-9-16-31(40)24-28/h4-20,23-25,36-37,43-44H,21-22H2,1-3H3. The van der Waals surface area contributed by atoms with E-state index in [0.717, 1.165) is 54.0 Å². The highest BCUT2D eigenvalue weighted by molar-refractivity contribution is 9.10. The zero-order valence-corrected chi connectivity index (χ0v) is 27.3. The fourth-order valence-corrected chi connectivity index (χ4v) is 6.81. The van der Waals surface area contributed by atoms with E-state index in [-0.39, 0.29) is 0 Å². The molecule has 3 unspecified atom stereocenters. The summed E-state index contributed by atoms with van der Waals surface area (Å²) in [6.07, 6.45) is -0.341. The van der Waals surface area contributed by atoms with E-state index in [0.29, 0.717) is 18.8 Å². The molecule has 6 rings (SSSR count). The summed E-state index contributed by atoms with van der Waals surface area (Å²) >= 11 is 3.52. The minimum absolute atomic E-state index is 0.458. The lowest BCUT2D eigenvalue weighted by Gasteiger charge is -2.39. The van der Waals surface area contributed by atoms with E-state index in [1.807, 2.05) is 99.0 Å². The van der Waals surface area contributed by atoms with Crippen molar-refractivity contribution in [2.45, 2.75) is 24.0 Å². The highest BCUT2D eigenvalue weighted by atomic mass is 79.9. The SMILES string of the molecule is COc1nc2ccc(C(O)c3cccc(Br)c3)cc2cc1C(c1ccccc1)C(O)(CCN(C)C)c1cccc2ccccc12. The molecule has 2 N–H and O–H groups in total. The summed E-state index contributed by atoms with van der Waals surface area (Å²) in [6, 6.07) is 40.0. The maximum atomic E-state index is 13.3. The van der Waals surface area contributed by atoms with Crippen LogP contribution in [-0.2, 0) is 5.60 Å². The molecule has 0 spiro atoms. The number of aliphatic hydroxyl groups excluding tert-OH is 1. The number of nitrogens with zero attached hydrogens (tertiary/aromatic N) is 2. The fraction of sp³-hybridized carbons (Fsp3) is 0.205. The van der Waals surface area contributed by atoms with Crippen molar-refractivity contribution in [1.29, 1.82) is 0 Å². The lowest BCUT2D eigenvalue weighted by atomic mass is 9.70. The summed E-state index contributed by atoms with van der Waals surface area (Å²) in [4.78, 5) is 7.06. The van der Waals surface area contributed by atoms with Gasteiger partial charge in [-0.2, -0.15) is 0 Å². The third kappa shape index (κ3) is 6.24. The van der Waals surface area contributed by atoms with Crippen molar-refractivity contribution in [1.82, 2.24) is 9.88 Å². The van der Waals surface area contributed by atoms with Gasteiger partial charge in [-0.1, -0.05) is 107 Å². The molecule has 5 aromatic carbocycles. The predicted molar refractivity (Wildman–Crippen MR) is 186 cm³/mol. The molecular weight excluding hydrogens is 624 g/mol. The van der Waals surface area contributed by atoms with Crippen LogP contribution in [0, 0.1) is 0 Å². The summed E-state index contributed by atoms with van der Waals surface area (Å²) in [5, 5.41) is 27.5. The van der Waals surface area contributed by atoms with Crippen molar-refractivity contribution in [3.05, 3.63) is 154 Å². The van der Waals surface area contributed by atoms with Crippen molar-refractivity contribution in [3.63, 3.8) is 0 Å². The van der Waals surface area contributed by atoms with Gasteiger partial charge in [0.1, 0.15) is 11.7 Å². The number of aromatic nitrogens is 1. The second kappa shape index (κ2) is 13.1. The van der Waals surface area contributed by atoms with E-state index >= 15 is 0 Å². The minimum atomic E-state index is -1.33. The molecule has 1 heterocycles. The zero-order chi connectivity index (χ0) is 31.6. The normalized spacial score (nSPS) is 14.4. The van der Waals surface area contributed by atoms with Gasteiger partial charge in [0, 0.05) is 27.9 Å². The van der Waals surface area contributed by atoms with Gasteiger partial charge in [-0.25, -0.2) is 4.98 Å². The van der Waals surface area contributed by atoms with E-state index in [1.54, 1.807) is 7.11 Å². The van der Waals surface area contributed by atoms with Gasteiger partial charge in [-0.3, -0.25) is 0 Å². The highest BCUT2D eigenvalue weighted by Crippen LogP contribution is 2.49. The Morgan fingerprint density at radius 1 is 0.778 bits per heavy atom. The number of ether oxygens (including phenoxy) is 1. The molecule has 0 bridgehead atoms. The zero-order valence-electron chi connectivity index (χ0n) is 25.7. The van der Waals surface area contributed by atoms with Gasteiger partial charge >= 0.3 is 0 Å². The maximum Gasteiger partial charge on any atom is 0.217 e. The molecule has 6 heteroatoms. The predicted octanol–water partition coefficient (Wildman–Crippen LogP) is 8.21. The number of methoxy groups -OCH3 is 1. The van der Waals surface area contributed by atoms with Crippen LogP contribution in [0.25, 0.3) is 21.7 Å². The van der Waals surface area contributed by atoms with Crippen LogP contribution >= 0.6 is 15.9 Å². The van der Waals surface area contributed by atoms with E-state index < -0.39 is 17.6 Å². The molecule has 3 atom stereocenters. The first-order chi connectivity index (χ1) is 21.8. The lowest BCUT2D eigenvalue weighted by Crippen LogP contribution is -2.38. The molecule has 6 aromatic rings. The minimum Gasteiger partial charge on any atom is -0.481 e. The quantitative estimate of drug-likeness (QED) is 0.155. The molecule has 0 aliphatic carbocycles. The van der Waals surface area contributed by atoms with Gasteiger partial charge in [0.25, 0.3) is 0 Å². The highest BCUT2D eigenvalue weighted by Gasteiger charge is 2.43. The molecule has 0 aliphatic heterocycles. The number of benzene rings is 5. The van der Waals surface area contributed by atoms with Crippen LogP contribution in [0.2, 0.25) is 0 Å². The molecular formula is C39H37BrN2O3. The number of fused-ring (bicyclic) bond motifs is 2. The van der Waals surface area contributed by atoms with Gasteiger partial charge < -0.3 is 19.8 Å². The van der Waals surface area contributed by atoms with Crippen LogP contribution in [0.5, 0.6) is 5.88 Å². The first-order valence-corrected chi connectivity index (χ1v) is 15.9. The largest absolute Gasteiger partial charge is 0.481 e. The molecule has 0 saturated heterocycles. The number of aliphatic hydroxyl groups is 2. The van der Waals surface area contributed by atoms with Crippen LogP contribution in [0.3, 0.4) is 0 Å². The molecule has 0 aliphatic rings. The topological polar surface area (TPSA) is 65.8 Å². The molecule has 0 amide bonds. The average molecular weight is 662 g/mol. The van der Waals surface area contributed by atoms with Crippen molar-refractivity contribution in [3.8, 4) is 5.88 Å². The first-order valence-electron chi connectivity index (χ1n) is 15.1. The van der Waals surface area contributed by atoms with Crippen LogP contribution in [-0.4, -0.2) is 47.8 Å². The molecule has 228 valence electrons. The summed E-state index contributed by atoms with van der Waals surface area (Å²) in [6.45, 7) is 0.662. The van der Waals surface area contributed by atoms with Gasteiger partial charge in [-0.05, 0) is 83.9 Å². The van der Waals surface area contributed by atoms with Gasteiger partial charge in [0.15, 0.2) is 0 Å². The van der Waals surface area contributed by atoms with Crippen LogP contribution in [0.4, 0.5) is 0 Å². The third-order valence-corrected chi connectivity index (χ3v) is 9.12. The number of pyridine rings is 1. The van der Waals surface area contributed by atoms with Crippen molar-refractivity contribution in [2.75, 3.05) is 27.7 Å². The Hall–Kier alpha value is -4.07. The van der Waals surface area contributed by atoms with Crippen molar-refractivity contribution >= 4 is 37.6 Å². The van der Waals surface area contributed by atoms with Crippen molar-refractivity contribution in [2.24, 2.45) is 0 Å². The summed E-state index contributed by atoms with van der Waals surface area (Å²) in [7, 11) is 5.68. The number of hydrogen-bond donors (Lipinski definition) is 2. The average Bonchev–Trinajstić information content (AvgIpc) is 3.06. The summed E-state index contributed by atoms with van der Waals surface area (Å²) in [5.74, 6) is -0.0601. The Bertz CT molecular complexity index is 1940. The van der Waals surface area contributed by atoms with Crippen LogP contribution in [0.15, 0.2) is 126 Å². The Morgan fingerprint density at radius 3 is 2.22 bits per heavy atom. The molecule has 1 aromatic heterocycles. The third-order valence-electron chi connectivity index (χ3n) is 8.62. The van der Waals surface area contributed by atoms with E-state index in [4.69, 9.17) is 9.72 Å². The van der Waals surface area contributed by atoms with E-state index in [9.17, 15) is 10.2 Å². The molecule has 0 fully saturated rings. The second-order valence-corrected chi connectivity index (χ2v) is 12.8. The van der Waals surface area contributed by atoms with Crippen LogP contribution < -0.4 is 4.74 Å². The monoisotopic (exact) mass is 660 g/mol. The number of rotatable bonds is 10. The Labute approximate surface area is 272 Å². The van der Waals surface area contributed by atoms with Gasteiger partial charge in [0.05, 0.1) is 12.6 Å². The van der Waals surface area contributed by atoms with Crippen LogP contribution in [0.1, 0.15) is 46.3 Å². The number of hydrogen-bond acceptors (Lipinski definition) is 5. The maximum absolute atomic E-state index is 13.3. The Balaban J connectivity index is 1.59. The van der Waals surface area contributed by atoms with Gasteiger partial charge in [-0.15, -0.1) is 0 Å². The first kappa shape index (κ1) is 30.9. The Kier molecular flexibility index (Phi) is 9.02. The molecule has 0 saturated carbocycles. The number of halogens is 1. The van der Waals surface area contributed by atoms with E-state index in [1.165, 1.54) is 0 Å². The molecule has 45 heavy (non-hydrogen) atoms. The summed E-state index contributed by atoms with van der Waals surface area (Å²) in [5.41, 5.74) is 3.55. The molecule has 0 radical (unpaired) electrons. The fourth-order valence-electron chi connectivity index (χ4n) is 6.39. The smallest absolute Gasteiger partial charge is 0.217 e. The summed E-state index contributed by atoms with van der Waals surface area (Å²) < 4.78 is 6.88. The Morgan fingerprint density at radius 2 is 1.47 bits per heavy atom. The van der Waals surface area contributed by atoms with E-state index in [2.05, 4.69) is 57.2 Å².